The number of Topliss-reactive ketones (excluding diaryl/α,β-unsaturated/α-hetero) is 1. The molecule has 0 fully saturated rings. The SMILES string of the molecule is CCOC(=O)CC(=O)CCc1ccc(C(=O)N[C@@H](CCC(=O)OC)C(=O)OC)cc1. The number of hydrogen-bond acceptors (Lipinski definition) is 8. The molecule has 0 aromatic heterocycles. The summed E-state index contributed by atoms with van der Waals surface area (Å²) in [5.74, 6) is -2.42. The summed E-state index contributed by atoms with van der Waals surface area (Å²) in [5.41, 5.74) is 1.13. The van der Waals surface area contributed by atoms with Crippen LogP contribution in [0, 0.1) is 0 Å². The average molecular weight is 421 g/mol. The van der Waals surface area contributed by atoms with Crippen LogP contribution in [0.5, 0.6) is 0 Å². The van der Waals surface area contributed by atoms with Crippen molar-refractivity contribution in [2.75, 3.05) is 20.8 Å². The fraction of sp³-hybridized carbons (Fsp3) is 0.476. The fourth-order valence-corrected chi connectivity index (χ4v) is 2.56. The first kappa shape index (κ1) is 24.8. The maximum absolute atomic E-state index is 12.4. The van der Waals surface area contributed by atoms with E-state index in [1.165, 1.54) is 14.2 Å². The van der Waals surface area contributed by atoms with E-state index in [2.05, 4.69) is 14.8 Å². The normalized spacial score (nSPS) is 11.2. The van der Waals surface area contributed by atoms with Crippen molar-refractivity contribution in [3.05, 3.63) is 35.4 Å². The van der Waals surface area contributed by atoms with Gasteiger partial charge in [-0.15, -0.1) is 0 Å². The lowest BCUT2D eigenvalue weighted by molar-refractivity contribution is -0.146. The Morgan fingerprint density at radius 2 is 1.60 bits per heavy atom. The lowest BCUT2D eigenvalue weighted by Crippen LogP contribution is -2.41. The van der Waals surface area contributed by atoms with Crippen LogP contribution in [0.1, 0.15) is 48.5 Å². The van der Waals surface area contributed by atoms with Gasteiger partial charge in [-0.2, -0.15) is 0 Å². The number of carbonyl (C=O) groups excluding carboxylic acids is 5. The van der Waals surface area contributed by atoms with Gasteiger partial charge >= 0.3 is 17.9 Å². The van der Waals surface area contributed by atoms with Crippen LogP contribution in [0.25, 0.3) is 0 Å². The molecule has 1 rings (SSSR count). The van der Waals surface area contributed by atoms with Gasteiger partial charge in [-0.1, -0.05) is 12.1 Å². The molecule has 1 aromatic rings. The van der Waals surface area contributed by atoms with E-state index >= 15 is 0 Å². The molecule has 9 nitrogen and oxygen atoms in total. The molecule has 0 radical (unpaired) electrons. The fourth-order valence-electron chi connectivity index (χ4n) is 2.56. The van der Waals surface area contributed by atoms with Crippen LogP contribution < -0.4 is 5.32 Å². The summed E-state index contributed by atoms with van der Waals surface area (Å²) in [6.45, 7) is 1.90. The van der Waals surface area contributed by atoms with Crippen molar-refractivity contribution >= 4 is 29.6 Å². The van der Waals surface area contributed by atoms with Crippen LogP contribution in [0.3, 0.4) is 0 Å². The Hall–Kier alpha value is -3.23. The van der Waals surface area contributed by atoms with Gasteiger partial charge in [0.25, 0.3) is 5.91 Å². The Kier molecular flexibility index (Phi) is 10.8. The number of esters is 3. The molecule has 0 aliphatic rings. The van der Waals surface area contributed by atoms with E-state index in [-0.39, 0.29) is 38.1 Å². The van der Waals surface area contributed by atoms with Crippen molar-refractivity contribution in [1.82, 2.24) is 5.32 Å². The molecular formula is C21H27NO8. The third kappa shape index (κ3) is 8.85. The van der Waals surface area contributed by atoms with Gasteiger partial charge in [0.05, 0.1) is 20.8 Å². The monoisotopic (exact) mass is 421 g/mol. The van der Waals surface area contributed by atoms with E-state index in [9.17, 15) is 24.0 Å². The molecule has 9 heteroatoms. The van der Waals surface area contributed by atoms with Crippen LogP contribution in [-0.4, -0.2) is 56.5 Å². The predicted molar refractivity (Wildman–Crippen MR) is 106 cm³/mol. The number of ketones is 1. The van der Waals surface area contributed by atoms with Crippen molar-refractivity contribution in [3.63, 3.8) is 0 Å². The number of methoxy groups -OCH3 is 2. The van der Waals surface area contributed by atoms with Gasteiger partial charge in [-0.05, 0) is 37.5 Å². The largest absolute Gasteiger partial charge is 0.469 e. The van der Waals surface area contributed by atoms with Crippen LogP contribution >= 0.6 is 0 Å². The van der Waals surface area contributed by atoms with Gasteiger partial charge in [0.1, 0.15) is 18.2 Å². The number of rotatable bonds is 12. The molecule has 0 saturated heterocycles. The summed E-state index contributed by atoms with van der Waals surface area (Å²) in [7, 11) is 2.43. The lowest BCUT2D eigenvalue weighted by atomic mass is 10.0. The van der Waals surface area contributed by atoms with Gasteiger partial charge in [0.2, 0.25) is 0 Å². The second-order valence-corrected chi connectivity index (χ2v) is 6.38. The zero-order valence-electron chi connectivity index (χ0n) is 17.4. The molecule has 0 heterocycles. The van der Waals surface area contributed by atoms with E-state index in [4.69, 9.17) is 4.74 Å². The zero-order chi connectivity index (χ0) is 22.5. The van der Waals surface area contributed by atoms with Gasteiger partial charge in [0, 0.05) is 18.4 Å². The minimum atomic E-state index is -0.984. The van der Waals surface area contributed by atoms with E-state index in [1.54, 1.807) is 31.2 Å². The van der Waals surface area contributed by atoms with Crippen molar-refractivity contribution in [1.29, 1.82) is 0 Å². The Morgan fingerprint density at radius 1 is 0.933 bits per heavy atom. The first-order chi connectivity index (χ1) is 14.3. The Morgan fingerprint density at radius 3 is 2.17 bits per heavy atom. The molecule has 0 saturated carbocycles. The maximum Gasteiger partial charge on any atom is 0.328 e. The van der Waals surface area contributed by atoms with E-state index in [1.807, 2.05) is 0 Å². The van der Waals surface area contributed by atoms with Crippen LogP contribution in [0.2, 0.25) is 0 Å². The van der Waals surface area contributed by atoms with Crippen LogP contribution in [-0.2, 0) is 39.8 Å². The van der Waals surface area contributed by atoms with E-state index in [0.29, 0.717) is 12.0 Å². The standard InChI is InChI=1S/C21H27NO8/c1-4-30-19(25)13-16(23)10-7-14-5-8-15(9-6-14)20(26)22-17(21(27)29-3)11-12-18(24)28-2/h5-6,8-9,17H,4,7,10-13H2,1-3H3,(H,22,26)/t17-/m0/s1. The number of benzene rings is 1. The number of ether oxygens (including phenoxy) is 3. The minimum Gasteiger partial charge on any atom is -0.469 e. The molecule has 0 spiro atoms. The van der Waals surface area contributed by atoms with Crippen molar-refractivity contribution in [3.8, 4) is 0 Å². The third-order valence-corrected chi connectivity index (χ3v) is 4.21. The molecule has 30 heavy (non-hydrogen) atoms. The molecule has 0 aliphatic heterocycles. The summed E-state index contributed by atoms with van der Waals surface area (Å²) in [5, 5.41) is 2.54. The first-order valence-electron chi connectivity index (χ1n) is 9.52. The van der Waals surface area contributed by atoms with Crippen LogP contribution in [0.15, 0.2) is 24.3 Å². The molecule has 1 amide bonds. The number of carbonyl (C=O) groups is 5. The maximum atomic E-state index is 12.4. The summed E-state index contributed by atoms with van der Waals surface area (Å²) in [6, 6.07) is 5.52. The first-order valence-corrected chi connectivity index (χ1v) is 9.52. The number of hydrogen-bond donors (Lipinski definition) is 1. The zero-order valence-corrected chi connectivity index (χ0v) is 17.4. The number of nitrogens with one attached hydrogen (secondary N) is 1. The van der Waals surface area contributed by atoms with Gasteiger partial charge in [0.15, 0.2) is 0 Å². The predicted octanol–water partition coefficient (Wildman–Crippen LogP) is 1.37. The van der Waals surface area contributed by atoms with Gasteiger partial charge < -0.3 is 19.5 Å². The van der Waals surface area contributed by atoms with Crippen molar-refractivity contribution in [2.24, 2.45) is 0 Å². The highest BCUT2D eigenvalue weighted by Crippen LogP contribution is 2.10. The highest BCUT2D eigenvalue weighted by molar-refractivity contribution is 5.97. The second-order valence-electron chi connectivity index (χ2n) is 6.38. The quantitative estimate of drug-likeness (QED) is 0.305. The Bertz CT molecular complexity index is 757. The lowest BCUT2D eigenvalue weighted by Gasteiger charge is -2.16. The average Bonchev–Trinajstić information content (AvgIpc) is 2.74. The smallest absolute Gasteiger partial charge is 0.328 e. The summed E-state index contributed by atoms with van der Waals surface area (Å²) >= 11 is 0. The molecule has 0 aliphatic carbocycles. The topological polar surface area (TPSA) is 125 Å². The molecule has 0 bridgehead atoms. The number of amides is 1. The molecular weight excluding hydrogens is 394 g/mol. The second kappa shape index (κ2) is 13.1. The third-order valence-electron chi connectivity index (χ3n) is 4.21. The molecule has 1 aromatic carbocycles. The molecule has 0 unspecified atom stereocenters. The van der Waals surface area contributed by atoms with E-state index < -0.39 is 29.9 Å². The summed E-state index contributed by atoms with van der Waals surface area (Å²) in [6.07, 6.45) is 0.349. The Balaban J connectivity index is 2.62. The molecule has 1 atom stereocenters. The number of aryl methyl sites for hydroxylation is 1. The van der Waals surface area contributed by atoms with Crippen molar-refractivity contribution in [2.45, 2.75) is 45.1 Å². The highest BCUT2D eigenvalue weighted by atomic mass is 16.5. The highest BCUT2D eigenvalue weighted by Gasteiger charge is 2.23. The van der Waals surface area contributed by atoms with Gasteiger partial charge in [-0.3, -0.25) is 19.2 Å². The van der Waals surface area contributed by atoms with Gasteiger partial charge in [-0.25, -0.2) is 4.79 Å². The van der Waals surface area contributed by atoms with Crippen LogP contribution in [0.4, 0.5) is 0 Å². The van der Waals surface area contributed by atoms with E-state index in [0.717, 1.165) is 5.56 Å². The van der Waals surface area contributed by atoms with Crippen molar-refractivity contribution < 1.29 is 38.2 Å². The summed E-state index contributed by atoms with van der Waals surface area (Å²) in [4.78, 5) is 58.6. The Labute approximate surface area is 175 Å². The minimum absolute atomic E-state index is 0.0463. The molecule has 164 valence electrons. The molecule has 1 N–H and O–H groups in total. The summed E-state index contributed by atoms with van der Waals surface area (Å²) < 4.78 is 13.9.